The fraction of sp³-hybridized carbons (Fsp3) is 0.250. The van der Waals surface area contributed by atoms with Gasteiger partial charge in [-0.15, -0.1) is 0 Å². The Hall–Kier alpha value is -1.58. The lowest BCUT2D eigenvalue weighted by molar-refractivity contribution is 0.268. The van der Waals surface area contributed by atoms with Crippen LogP contribution in [0.1, 0.15) is 18.5 Å². The Bertz CT molecular complexity index is 547. The van der Waals surface area contributed by atoms with E-state index in [-0.39, 0.29) is 11.9 Å². The first-order valence-corrected chi connectivity index (χ1v) is 6.94. The van der Waals surface area contributed by atoms with Crippen molar-refractivity contribution >= 4 is 11.6 Å². The van der Waals surface area contributed by atoms with Gasteiger partial charge in [0.2, 0.25) is 0 Å². The van der Waals surface area contributed by atoms with Crippen LogP contribution in [-0.4, -0.2) is 13.2 Å². The van der Waals surface area contributed by atoms with Gasteiger partial charge < -0.3 is 10.1 Å². The van der Waals surface area contributed by atoms with Crippen molar-refractivity contribution < 1.29 is 9.13 Å². The van der Waals surface area contributed by atoms with E-state index in [1.54, 1.807) is 6.07 Å². The second-order valence-corrected chi connectivity index (χ2v) is 4.81. The van der Waals surface area contributed by atoms with Gasteiger partial charge in [-0.3, -0.25) is 0 Å². The zero-order valence-electron chi connectivity index (χ0n) is 11.3. The largest absolute Gasteiger partial charge is 0.492 e. The minimum atomic E-state index is -0.299. The molecule has 2 rings (SSSR count). The standard InChI is InChI=1S/C16H17ClFNO/c1-2-19-16(11-20-13-6-4-3-5-7-13)14-10-12(18)8-9-15(14)17/h3-10,16,19H,2,11H2,1H3. The lowest BCUT2D eigenvalue weighted by Crippen LogP contribution is -2.27. The molecule has 0 aliphatic carbocycles. The van der Waals surface area contributed by atoms with Gasteiger partial charge in [-0.1, -0.05) is 36.7 Å². The lowest BCUT2D eigenvalue weighted by atomic mass is 10.1. The minimum Gasteiger partial charge on any atom is -0.492 e. The normalized spacial score (nSPS) is 12.2. The molecule has 1 N–H and O–H groups in total. The Kier molecular flexibility index (Phi) is 5.39. The van der Waals surface area contributed by atoms with Crippen LogP contribution < -0.4 is 10.1 Å². The quantitative estimate of drug-likeness (QED) is 0.861. The van der Waals surface area contributed by atoms with Gasteiger partial charge in [0.1, 0.15) is 18.2 Å². The predicted molar refractivity (Wildman–Crippen MR) is 79.8 cm³/mol. The highest BCUT2D eigenvalue weighted by atomic mass is 35.5. The van der Waals surface area contributed by atoms with Gasteiger partial charge in [-0.2, -0.15) is 0 Å². The molecule has 4 heteroatoms. The molecule has 1 unspecified atom stereocenters. The lowest BCUT2D eigenvalue weighted by Gasteiger charge is -2.20. The monoisotopic (exact) mass is 293 g/mol. The molecule has 20 heavy (non-hydrogen) atoms. The molecule has 106 valence electrons. The number of ether oxygens (including phenoxy) is 1. The highest BCUT2D eigenvalue weighted by Gasteiger charge is 2.15. The molecule has 0 fully saturated rings. The highest BCUT2D eigenvalue weighted by Crippen LogP contribution is 2.25. The van der Waals surface area contributed by atoms with Crippen molar-refractivity contribution in [1.82, 2.24) is 5.32 Å². The van der Waals surface area contributed by atoms with Crippen LogP contribution in [0.5, 0.6) is 5.75 Å². The molecule has 0 aromatic heterocycles. The summed E-state index contributed by atoms with van der Waals surface area (Å²) in [7, 11) is 0. The Balaban J connectivity index is 2.12. The SMILES string of the molecule is CCNC(COc1ccccc1)c1cc(F)ccc1Cl. The summed E-state index contributed by atoms with van der Waals surface area (Å²) in [4.78, 5) is 0. The molecule has 2 aromatic rings. The molecule has 0 heterocycles. The first kappa shape index (κ1) is 14.8. The van der Waals surface area contributed by atoms with E-state index in [0.29, 0.717) is 17.2 Å². The van der Waals surface area contributed by atoms with E-state index in [4.69, 9.17) is 16.3 Å². The maximum absolute atomic E-state index is 13.4. The number of likely N-dealkylation sites (N-methyl/N-ethyl adjacent to an activating group) is 1. The van der Waals surface area contributed by atoms with Crippen molar-refractivity contribution in [2.24, 2.45) is 0 Å². The van der Waals surface area contributed by atoms with Crippen LogP contribution in [0.4, 0.5) is 4.39 Å². The summed E-state index contributed by atoms with van der Waals surface area (Å²) in [5.74, 6) is 0.481. The van der Waals surface area contributed by atoms with Crippen LogP contribution in [0.2, 0.25) is 5.02 Å². The molecular weight excluding hydrogens is 277 g/mol. The van der Waals surface area contributed by atoms with Crippen LogP contribution in [0, 0.1) is 5.82 Å². The Morgan fingerprint density at radius 1 is 1.20 bits per heavy atom. The van der Waals surface area contributed by atoms with Crippen LogP contribution in [0.3, 0.4) is 0 Å². The molecule has 0 spiro atoms. The summed E-state index contributed by atoms with van der Waals surface area (Å²) in [6.45, 7) is 3.12. The van der Waals surface area contributed by atoms with E-state index in [9.17, 15) is 4.39 Å². The van der Waals surface area contributed by atoms with E-state index < -0.39 is 0 Å². The third kappa shape index (κ3) is 3.95. The molecule has 0 saturated carbocycles. The topological polar surface area (TPSA) is 21.3 Å². The van der Waals surface area contributed by atoms with Gasteiger partial charge in [-0.25, -0.2) is 4.39 Å². The zero-order valence-corrected chi connectivity index (χ0v) is 12.0. The third-order valence-electron chi connectivity index (χ3n) is 2.94. The summed E-state index contributed by atoms with van der Waals surface area (Å²) < 4.78 is 19.1. The molecule has 0 aliphatic rings. The smallest absolute Gasteiger partial charge is 0.123 e. The highest BCUT2D eigenvalue weighted by molar-refractivity contribution is 6.31. The van der Waals surface area contributed by atoms with Crippen LogP contribution in [0.15, 0.2) is 48.5 Å². The summed E-state index contributed by atoms with van der Waals surface area (Å²) in [5, 5.41) is 3.80. The van der Waals surface area contributed by atoms with Gasteiger partial charge in [0.05, 0.1) is 6.04 Å². The molecule has 2 nitrogen and oxygen atoms in total. The fourth-order valence-electron chi connectivity index (χ4n) is 1.98. The molecule has 2 aromatic carbocycles. The van der Waals surface area contributed by atoms with Crippen LogP contribution in [-0.2, 0) is 0 Å². The maximum Gasteiger partial charge on any atom is 0.123 e. The molecule has 0 aliphatic heterocycles. The first-order valence-electron chi connectivity index (χ1n) is 6.57. The number of nitrogens with one attached hydrogen (secondary N) is 1. The molecule has 0 amide bonds. The van der Waals surface area contributed by atoms with Gasteiger partial charge in [0.15, 0.2) is 0 Å². The molecule has 0 radical (unpaired) electrons. The summed E-state index contributed by atoms with van der Waals surface area (Å²) in [5.41, 5.74) is 0.712. The Morgan fingerprint density at radius 3 is 2.65 bits per heavy atom. The number of rotatable bonds is 6. The Labute approximate surface area is 123 Å². The average Bonchev–Trinajstić information content (AvgIpc) is 2.47. The number of halogens is 2. The van der Waals surface area contributed by atoms with Crippen molar-refractivity contribution in [3.05, 3.63) is 64.9 Å². The van der Waals surface area contributed by atoms with Crippen molar-refractivity contribution in [3.63, 3.8) is 0 Å². The van der Waals surface area contributed by atoms with Crippen molar-refractivity contribution in [2.75, 3.05) is 13.2 Å². The zero-order chi connectivity index (χ0) is 14.4. The summed E-state index contributed by atoms with van der Waals surface area (Å²) in [6.07, 6.45) is 0. The number of para-hydroxylation sites is 1. The average molecular weight is 294 g/mol. The van der Waals surface area contributed by atoms with E-state index in [1.807, 2.05) is 37.3 Å². The van der Waals surface area contributed by atoms with Crippen LogP contribution >= 0.6 is 11.6 Å². The molecule has 0 bridgehead atoms. The number of benzene rings is 2. The second-order valence-electron chi connectivity index (χ2n) is 4.40. The molecular formula is C16H17ClFNO. The molecule has 0 saturated heterocycles. The van der Waals surface area contributed by atoms with Gasteiger partial charge in [-0.05, 0) is 42.4 Å². The predicted octanol–water partition coefficient (Wildman–Crippen LogP) is 4.21. The molecule has 1 atom stereocenters. The Morgan fingerprint density at radius 2 is 1.95 bits per heavy atom. The third-order valence-corrected chi connectivity index (χ3v) is 3.29. The minimum absolute atomic E-state index is 0.150. The van der Waals surface area contributed by atoms with E-state index >= 15 is 0 Å². The van der Waals surface area contributed by atoms with Crippen molar-refractivity contribution in [1.29, 1.82) is 0 Å². The van der Waals surface area contributed by atoms with E-state index in [2.05, 4.69) is 5.32 Å². The number of hydrogen-bond acceptors (Lipinski definition) is 2. The van der Waals surface area contributed by atoms with Crippen LogP contribution in [0.25, 0.3) is 0 Å². The second kappa shape index (κ2) is 7.27. The summed E-state index contributed by atoms with van der Waals surface area (Å²) in [6, 6.07) is 13.7. The van der Waals surface area contributed by atoms with E-state index in [1.165, 1.54) is 12.1 Å². The van der Waals surface area contributed by atoms with Crippen molar-refractivity contribution in [3.8, 4) is 5.75 Å². The van der Waals surface area contributed by atoms with Gasteiger partial charge in [0.25, 0.3) is 0 Å². The first-order chi connectivity index (χ1) is 9.70. The fourth-order valence-corrected chi connectivity index (χ4v) is 2.23. The summed E-state index contributed by atoms with van der Waals surface area (Å²) >= 11 is 6.15. The van der Waals surface area contributed by atoms with Gasteiger partial charge in [0, 0.05) is 5.02 Å². The van der Waals surface area contributed by atoms with E-state index in [0.717, 1.165) is 12.3 Å². The van der Waals surface area contributed by atoms with Gasteiger partial charge >= 0.3 is 0 Å². The number of hydrogen-bond donors (Lipinski definition) is 1. The maximum atomic E-state index is 13.4. The van der Waals surface area contributed by atoms with Crippen molar-refractivity contribution in [2.45, 2.75) is 13.0 Å².